The molecule has 6 heteroatoms. The summed E-state index contributed by atoms with van der Waals surface area (Å²) >= 11 is 0. The summed E-state index contributed by atoms with van der Waals surface area (Å²) in [5, 5.41) is 17.3. The van der Waals surface area contributed by atoms with E-state index < -0.39 is 0 Å². The lowest BCUT2D eigenvalue weighted by atomic mass is 9.94. The summed E-state index contributed by atoms with van der Waals surface area (Å²) in [4.78, 5) is 4.11. The van der Waals surface area contributed by atoms with E-state index in [2.05, 4.69) is 21.3 Å². The Morgan fingerprint density at radius 1 is 1.17 bits per heavy atom. The van der Waals surface area contributed by atoms with Gasteiger partial charge in [0.05, 0.1) is 11.3 Å². The molecule has 0 N–H and O–H groups in total. The normalized spacial score (nSPS) is 12.4. The lowest BCUT2D eigenvalue weighted by Crippen LogP contribution is -2.15. The fourth-order valence-corrected chi connectivity index (χ4v) is 3.29. The number of halogens is 1. The Bertz CT molecular complexity index is 1010. The summed E-state index contributed by atoms with van der Waals surface area (Å²) < 4.78 is 16.7. The van der Waals surface area contributed by atoms with Gasteiger partial charge in [0, 0.05) is 24.4 Å². The molecule has 0 fully saturated rings. The Morgan fingerprint density at radius 3 is 2.79 bits per heavy atom. The van der Waals surface area contributed by atoms with Crippen molar-refractivity contribution in [2.45, 2.75) is 26.7 Å². The summed E-state index contributed by atoms with van der Waals surface area (Å²) in [6.07, 6.45) is 4.64. The number of aryl methyl sites for hydroxylation is 3. The summed E-state index contributed by atoms with van der Waals surface area (Å²) in [6.45, 7) is 3.68. The van der Waals surface area contributed by atoms with Crippen molar-refractivity contribution in [1.82, 2.24) is 19.7 Å². The molecule has 5 nitrogen and oxygen atoms in total. The number of nitriles is 1. The number of pyridine rings is 1. The average Bonchev–Trinajstić information content (AvgIpc) is 2.96. The van der Waals surface area contributed by atoms with Crippen molar-refractivity contribution in [3.8, 4) is 22.9 Å². The predicted molar refractivity (Wildman–Crippen MR) is 86.1 cm³/mol. The van der Waals surface area contributed by atoms with Crippen LogP contribution in [0, 0.1) is 31.0 Å². The first kappa shape index (κ1) is 14.5. The van der Waals surface area contributed by atoms with Gasteiger partial charge >= 0.3 is 0 Å². The van der Waals surface area contributed by atoms with E-state index in [-0.39, 0.29) is 5.82 Å². The molecular weight excluding hydrogens is 305 g/mol. The second kappa shape index (κ2) is 5.24. The van der Waals surface area contributed by atoms with Gasteiger partial charge in [-0.25, -0.2) is 4.39 Å². The Kier molecular flexibility index (Phi) is 3.17. The van der Waals surface area contributed by atoms with Gasteiger partial charge in [-0.3, -0.25) is 9.55 Å². The number of rotatable bonds is 1. The van der Waals surface area contributed by atoms with E-state index in [9.17, 15) is 9.65 Å². The van der Waals surface area contributed by atoms with Crippen LogP contribution < -0.4 is 0 Å². The fourth-order valence-electron chi connectivity index (χ4n) is 3.29. The first-order chi connectivity index (χ1) is 11.6. The van der Waals surface area contributed by atoms with Crippen molar-refractivity contribution in [3.63, 3.8) is 0 Å². The number of hydrogen-bond donors (Lipinski definition) is 0. The molecule has 118 valence electrons. The van der Waals surface area contributed by atoms with E-state index in [0.29, 0.717) is 23.5 Å². The van der Waals surface area contributed by atoms with Crippen molar-refractivity contribution >= 4 is 0 Å². The minimum atomic E-state index is -0.312. The van der Waals surface area contributed by atoms with Crippen LogP contribution in [0.2, 0.25) is 0 Å². The number of aromatic nitrogens is 4. The van der Waals surface area contributed by atoms with E-state index in [1.54, 1.807) is 10.8 Å². The van der Waals surface area contributed by atoms with Gasteiger partial charge in [-0.2, -0.15) is 5.26 Å². The lowest BCUT2D eigenvalue weighted by molar-refractivity contribution is 0.602. The molecule has 0 amide bonds. The van der Waals surface area contributed by atoms with Crippen molar-refractivity contribution in [2.24, 2.45) is 0 Å². The molecule has 3 aromatic rings. The minimum absolute atomic E-state index is 0.312. The van der Waals surface area contributed by atoms with Crippen LogP contribution in [0.15, 0.2) is 24.5 Å². The van der Waals surface area contributed by atoms with Gasteiger partial charge in [-0.05, 0) is 49.1 Å². The Labute approximate surface area is 138 Å². The van der Waals surface area contributed by atoms with Crippen LogP contribution in [0.4, 0.5) is 4.39 Å². The number of benzene rings is 1. The van der Waals surface area contributed by atoms with Crippen molar-refractivity contribution < 1.29 is 4.39 Å². The highest BCUT2D eigenvalue weighted by Crippen LogP contribution is 2.33. The minimum Gasteiger partial charge on any atom is -0.280 e. The predicted octanol–water partition coefficient (Wildman–Crippen LogP) is 3.06. The van der Waals surface area contributed by atoms with E-state index >= 15 is 0 Å². The van der Waals surface area contributed by atoms with Crippen molar-refractivity contribution in [2.75, 3.05) is 0 Å². The molecule has 0 spiro atoms. The fraction of sp³-hybridized carbons (Fsp3) is 0.222. The summed E-state index contributed by atoms with van der Waals surface area (Å²) in [6, 6.07) is 5.60. The molecule has 1 aromatic carbocycles. The van der Waals surface area contributed by atoms with Gasteiger partial charge in [0.15, 0.2) is 0 Å². The van der Waals surface area contributed by atoms with E-state index in [0.717, 1.165) is 34.5 Å². The molecule has 4 rings (SSSR count). The Hall–Kier alpha value is -3.07. The maximum absolute atomic E-state index is 14.9. The molecule has 0 atom stereocenters. The second-order valence-electron chi connectivity index (χ2n) is 5.94. The molecule has 0 bridgehead atoms. The number of nitrogens with zero attached hydrogens (tertiary/aromatic N) is 5. The van der Waals surface area contributed by atoms with E-state index in [1.165, 1.54) is 12.3 Å². The molecule has 0 unspecified atom stereocenters. The third-order valence-electron chi connectivity index (χ3n) is 4.52. The van der Waals surface area contributed by atoms with Gasteiger partial charge < -0.3 is 0 Å². The molecule has 0 radical (unpaired) electrons. The maximum atomic E-state index is 14.9. The Morgan fingerprint density at radius 2 is 2.00 bits per heavy atom. The second-order valence-corrected chi connectivity index (χ2v) is 5.94. The average molecular weight is 319 g/mol. The smallest absolute Gasteiger partial charge is 0.148 e. The molecule has 3 heterocycles. The van der Waals surface area contributed by atoms with Crippen LogP contribution in [0.25, 0.3) is 16.8 Å². The van der Waals surface area contributed by atoms with Gasteiger partial charge in [0.2, 0.25) is 0 Å². The first-order valence-corrected chi connectivity index (χ1v) is 7.69. The van der Waals surface area contributed by atoms with E-state index in [1.807, 2.05) is 19.9 Å². The molecule has 0 saturated carbocycles. The van der Waals surface area contributed by atoms with Crippen LogP contribution in [-0.2, 0) is 12.8 Å². The molecule has 24 heavy (non-hydrogen) atoms. The van der Waals surface area contributed by atoms with Gasteiger partial charge in [-0.15, -0.1) is 10.2 Å². The molecule has 2 aromatic heterocycles. The SMILES string of the molecule is Cc1c(C#N)cncc1-c1cc(F)c2c(c1)CCc1nnc(C)n1-2. The topological polar surface area (TPSA) is 67.4 Å². The summed E-state index contributed by atoms with van der Waals surface area (Å²) in [7, 11) is 0. The van der Waals surface area contributed by atoms with Crippen LogP contribution in [0.3, 0.4) is 0 Å². The van der Waals surface area contributed by atoms with Crippen molar-refractivity contribution in [3.05, 3.63) is 58.7 Å². The quantitative estimate of drug-likeness (QED) is 0.691. The molecule has 0 aliphatic carbocycles. The van der Waals surface area contributed by atoms with Crippen LogP contribution in [-0.4, -0.2) is 19.7 Å². The highest BCUT2D eigenvalue weighted by atomic mass is 19.1. The summed E-state index contributed by atoms with van der Waals surface area (Å²) in [5.41, 5.74) is 4.28. The Balaban J connectivity index is 1.93. The largest absolute Gasteiger partial charge is 0.280 e. The summed E-state index contributed by atoms with van der Waals surface area (Å²) in [5.74, 6) is 1.16. The molecule has 1 aliphatic heterocycles. The molecular formula is C18H14FN5. The van der Waals surface area contributed by atoms with Gasteiger partial charge in [0.25, 0.3) is 0 Å². The maximum Gasteiger partial charge on any atom is 0.148 e. The highest BCUT2D eigenvalue weighted by Gasteiger charge is 2.24. The highest BCUT2D eigenvalue weighted by molar-refractivity contribution is 5.71. The monoisotopic (exact) mass is 319 g/mol. The number of fused-ring (bicyclic) bond motifs is 3. The van der Waals surface area contributed by atoms with Crippen LogP contribution in [0.5, 0.6) is 0 Å². The van der Waals surface area contributed by atoms with Crippen LogP contribution >= 0.6 is 0 Å². The third-order valence-corrected chi connectivity index (χ3v) is 4.52. The number of hydrogen-bond acceptors (Lipinski definition) is 4. The molecule has 0 saturated heterocycles. The standard InChI is InChI=1S/C18H14FN5/c1-10-14(7-20)8-21-9-15(10)13-5-12-3-4-17-23-22-11(2)24(17)18(12)16(19)6-13/h5-6,8-9H,3-4H2,1-2H3. The van der Waals surface area contributed by atoms with Gasteiger partial charge in [0.1, 0.15) is 23.5 Å². The zero-order valence-corrected chi connectivity index (χ0v) is 13.3. The molecule has 1 aliphatic rings. The van der Waals surface area contributed by atoms with E-state index in [4.69, 9.17) is 0 Å². The van der Waals surface area contributed by atoms with Gasteiger partial charge in [-0.1, -0.05) is 0 Å². The first-order valence-electron chi connectivity index (χ1n) is 7.69. The third kappa shape index (κ3) is 2.02. The van der Waals surface area contributed by atoms with Crippen molar-refractivity contribution in [1.29, 1.82) is 5.26 Å². The van der Waals surface area contributed by atoms with Crippen LogP contribution in [0.1, 0.15) is 28.3 Å². The lowest BCUT2D eigenvalue weighted by Gasteiger charge is -2.21. The zero-order valence-electron chi connectivity index (χ0n) is 13.3. The zero-order chi connectivity index (χ0) is 16.8.